The molecule has 2 fully saturated rings. The molecule has 1 amide bonds. The standard InChI is InChI=1S/C22H33N3O3/c1-22(15-18-4-5-19-20(14-18)28-17-27-19)7-3-8-25(16-22)21(26)6-9-24-12-10-23(2)11-13-24/h4-5,14H,3,6-13,15-17H2,1-2H3. The van der Waals surface area contributed by atoms with Crippen LogP contribution in [0.4, 0.5) is 0 Å². The lowest BCUT2D eigenvalue weighted by atomic mass is 9.77. The number of likely N-dealkylation sites (N-methyl/N-ethyl adjacent to an activating group) is 1. The Morgan fingerprint density at radius 2 is 1.89 bits per heavy atom. The second-order valence-electron chi connectivity index (χ2n) is 8.99. The van der Waals surface area contributed by atoms with E-state index >= 15 is 0 Å². The third-order valence-corrected chi connectivity index (χ3v) is 6.44. The zero-order chi connectivity index (χ0) is 19.6. The van der Waals surface area contributed by atoms with E-state index in [2.05, 4.69) is 40.8 Å². The number of carbonyl (C=O) groups excluding carboxylic acids is 1. The molecule has 1 aromatic rings. The number of amides is 1. The van der Waals surface area contributed by atoms with Gasteiger partial charge >= 0.3 is 0 Å². The Bertz CT molecular complexity index is 702. The number of likely N-dealkylation sites (tertiary alicyclic amines) is 1. The highest BCUT2D eigenvalue weighted by Gasteiger charge is 2.33. The van der Waals surface area contributed by atoms with E-state index in [0.29, 0.717) is 19.1 Å². The second-order valence-corrected chi connectivity index (χ2v) is 8.99. The minimum absolute atomic E-state index is 0.120. The molecule has 1 atom stereocenters. The predicted molar refractivity (Wildman–Crippen MR) is 109 cm³/mol. The average molecular weight is 388 g/mol. The molecule has 0 aromatic heterocycles. The van der Waals surface area contributed by atoms with Gasteiger partial charge in [0.1, 0.15) is 0 Å². The van der Waals surface area contributed by atoms with E-state index in [1.165, 1.54) is 5.56 Å². The van der Waals surface area contributed by atoms with Gasteiger partial charge in [-0.1, -0.05) is 13.0 Å². The highest BCUT2D eigenvalue weighted by molar-refractivity contribution is 5.76. The first-order valence-corrected chi connectivity index (χ1v) is 10.6. The van der Waals surface area contributed by atoms with Gasteiger partial charge in [-0.3, -0.25) is 4.79 Å². The molecule has 154 valence electrons. The smallest absolute Gasteiger partial charge is 0.231 e. The monoisotopic (exact) mass is 387 g/mol. The van der Waals surface area contributed by atoms with Crippen LogP contribution in [0.1, 0.15) is 31.7 Å². The number of piperazine rings is 1. The average Bonchev–Trinajstić information content (AvgIpc) is 3.15. The number of carbonyl (C=O) groups is 1. The summed E-state index contributed by atoms with van der Waals surface area (Å²) in [5.41, 5.74) is 1.38. The number of piperidine rings is 1. The molecule has 0 saturated carbocycles. The maximum Gasteiger partial charge on any atom is 0.231 e. The molecule has 0 spiro atoms. The Morgan fingerprint density at radius 1 is 1.11 bits per heavy atom. The highest BCUT2D eigenvalue weighted by atomic mass is 16.7. The van der Waals surface area contributed by atoms with Gasteiger partial charge in [0.25, 0.3) is 0 Å². The molecule has 6 heteroatoms. The van der Waals surface area contributed by atoms with Crippen molar-refractivity contribution in [2.45, 2.75) is 32.6 Å². The first-order chi connectivity index (χ1) is 13.5. The van der Waals surface area contributed by atoms with Crippen LogP contribution in [0.2, 0.25) is 0 Å². The van der Waals surface area contributed by atoms with Gasteiger partial charge in [-0.05, 0) is 49.4 Å². The number of hydrogen-bond donors (Lipinski definition) is 0. The van der Waals surface area contributed by atoms with Gasteiger partial charge in [0.2, 0.25) is 12.7 Å². The van der Waals surface area contributed by atoms with Crippen molar-refractivity contribution in [3.8, 4) is 11.5 Å². The topological polar surface area (TPSA) is 45.2 Å². The second kappa shape index (κ2) is 8.29. The van der Waals surface area contributed by atoms with Crippen molar-refractivity contribution in [3.63, 3.8) is 0 Å². The summed E-state index contributed by atoms with van der Waals surface area (Å²) in [5, 5.41) is 0. The lowest BCUT2D eigenvalue weighted by Gasteiger charge is -2.41. The molecular formula is C22H33N3O3. The van der Waals surface area contributed by atoms with Crippen LogP contribution in [0.5, 0.6) is 11.5 Å². The van der Waals surface area contributed by atoms with Crippen LogP contribution in [-0.4, -0.2) is 80.3 Å². The summed E-state index contributed by atoms with van der Waals surface area (Å²) in [5.74, 6) is 1.99. The minimum atomic E-state index is 0.120. The predicted octanol–water partition coefficient (Wildman–Crippen LogP) is 2.22. The van der Waals surface area contributed by atoms with Crippen molar-refractivity contribution in [2.24, 2.45) is 5.41 Å². The molecule has 3 aliphatic heterocycles. The summed E-state index contributed by atoms with van der Waals surface area (Å²) in [6.45, 7) is 9.63. The van der Waals surface area contributed by atoms with E-state index in [9.17, 15) is 4.79 Å². The van der Waals surface area contributed by atoms with Crippen molar-refractivity contribution in [1.29, 1.82) is 0 Å². The molecule has 1 unspecified atom stereocenters. The number of benzene rings is 1. The Kier molecular flexibility index (Phi) is 5.78. The number of fused-ring (bicyclic) bond motifs is 1. The summed E-state index contributed by atoms with van der Waals surface area (Å²) >= 11 is 0. The fraction of sp³-hybridized carbons (Fsp3) is 0.682. The quantitative estimate of drug-likeness (QED) is 0.775. The lowest BCUT2D eigenvalue weighted by Crippen LogP contribution is -2.48. The highest BCUT2D eigenvalue weighted by Crippen LogP contribution is 2.37. The molecular weight excluding hydrogens is 354 g/mol. The fourth-order valence-electron chi connectivity index (χ4n) is 4.70. The maximum absolute atomic E-state index is 12.9. The Hall–Kier alpha value is -1.79. The molecule has 0 radical (unpaired) electrons. The number of hydrogen-bond acceptors (Lipinski definition) is 5. The molecule has 3 heterocycles. The van der Waals surface area contributed by atoms with Crippen LogP contribution >= 0.6 is 0 Å². The van der Waals surface area contributed by atoms with E-state index in [4.69, 9.17) is 9.47 Å². The molecule has 0 aliphatic carbocycles. The molecule has 0 bridgehead atoms. The molecule has 4 rings (SSSR count). The summed E-state index contributed by atoms with van der Waals surface area (Å²) in [6, 6.07) is 6.23. The van der Waals surface area contributed by atoms with Gasteiger partial charge in [-0.15, -0.1) is 0 Å². The third kappa shape index (κ3) is 4.61. The van der Waals surface area contributed by atoms with Crippen molar-refractivity contribution in [2.75, 3.05) is 59.7 Å². The molecule has 6 nitrogen and oxygen atoms in total. The van der Waals surface area contributed by atoms with Crippen LogP contribution in [0.3, 0.4) is 0 Å². The van der Waals surface area contributed by atoms with E-state index in [1.54, 1.807) is 0 Å². The molecule has 2 saturated heterocycles. The van der Waals surface area contributed by atoms with Crippen LogP contribution in [0, 0.1) is 5.41 Å². The molecule has 28 heavy (non-hydrogen) atoms. The summed E-state index contributed by atoms with van der Waals surface area (Å²) in [7, 11) is 2.16. The summed E-state index contributed by atoms with van der Waals surface area (Å²) in [4.78, 5) is 19.7. The number of nitrogens with zero attached hydrogens (tertiary/aromatic N) is 3. The maximum atomic E-state index is 12.9. The Morgan fingerprint density at radius 3 is 2.71 bits per heavy atom. The largest absolute Gasteiger partial charge is 0.454 e. The first-order valence-electron chi connectivity index (χ1n) is 10.6. The van der Waals surface area contributed by atoms with Crippen LogP contribution in [-0.2, 0) is 11.2 Å². The normalized spacial score (nSPS) is 25.9. The van der Waals surface area contributed by atoms with Crippen molar-refractivity contribution in [3.05, 3.63) is 23.8 Å². The van der Waals surface area contributed by atoms with E-state index < -0.39 is 0 Å². The summed E-state index contributed by atoms with van der Waals surface area (Å²) < 4.78 is 10.9. The van der Waals surface area contributed by atoms with Crippen LogP contribution < -0.4 is 9.47 Å². The van der Waals surface area contributed by atoms with Gasteiger partial charge < -0.3 is 24.2 Å². The van der Waals surface area contributed by atoms with Crippen molar-refractivity contribution in [1.82, 2.24) is 14.7 Å². The van der Waals surface area contributed by atoms with Crippen LogP contribution in [0.25, 0.3) is 0 Å². The Labute approximate surface area is 168 Å². The third-order valence-electron chi connectivity index (χ3n) is 6.44. The minimum Gasteiger partial charge on any atom is -0.454 e. The number of ether oxygens (including phenoxy) is 2. The van der Waals surface area contributed by atoms with E-state index in [-0.39, 0.29) is 5.41 Å². The van der Waals surface area contributed by atoms with Gasteiger partial charge in [0, 0.05) is 52.2 Å². The zero-order valence-electron chi connectivity index (χ0n) is 17.3. The number of rotatable bonds is 5. The van der Waals surface area contributed by atoms with Gasteiger partial charge in [-0.2, -0.15) is 0 Å². The molecule has 3 aliphatic rings. The molecule has 0 N–H and O–H groups in total. The van der Waals surface area contributed by atoms with Crippen LogP contribution in [0.15, 0.2) is 18.2 Å². The van der Waals surface area contributed by atoms with Gasteiger partial charge in [-0.25, -0.2) is 0 Å². The molecule has 1 aromatic carbocycles. The fourth-order valence-corrected chi connectivity index (χ4v) is 4.70. The van der Waals surface area contributed by atoms with Crippen molar-refractivity contribution >= 4 is 5.91 Å². The van der Waals surface area contributed by atoms with Gasteiger partial charge in [0.05, 0.1) is 0 Å². The van der Waals surface area contributed by atoms with Gasteiger partial charge in [0.15, 0.2) is 11.5 Å². The van der Waals surface area contributed by atoms with E-state index in [1.807, 2.05) is 6.07 Å². The zero-order valence-corrected chi connectivity index (χ0v) is 17.3. The lowest BCUT2D eigenvalue weighted by molar-refractivity contribution is -0.134. The van der Waals surface area contributed by atoms with E-state index in [0.717, 1.165) is 76.6 Å². The summed E-state index contributed by atoms with van der Waals surface area (Å²) in [6.07, 6.45) is 3.85. The SMILES string of the molecule is CN1CCN(CCC(=O)N2CCCC(C)(Cc3ccc4c(c3)OCO4)C2)CC1. The van der Waals surface area contributed by atoms with Crippen molar-refractivity contribution < 1.29 is 14.3 Å². The Balaban J connectivity index is 1.31. The first kappa shape index (κ1) is 19.5.